The molecule has 1 unspecified atom stereocenters. The van der Waals surface area contributed by atoms with Gasteiger partial charge in [0.25, 0.3) is 0 Å². The van der Waals surface area contributed by atoms with Gasteiger partial charge in [0.05, 0.1) is 29.4 Å². The molecule has 6 nitrogen and oxygen atoms in total. The summed E-state index contributed by atoms with van der Waals surface area (Å²) in [5, 5.41) is 1.16. The van der Waals surface area contributed by atoms with Crippen molar-refractivity contribution in [1.82, 2.24) is 9.88 Å². The number of hydrogen-bond donors (Lipinski definition) is 1. The monoisotopic (exact) mass is 422 g/mol. The van der Waals surface area contributed by atoms with Gasteiger partial charge in [-0.2, -0.15) is 0 Å². The number of nitrogen functional groups attached to an aromatic ring is 1. The molecule has 1 saturated heterocycles. The zero-order valence-electron chi connectivity index (χ0n) is 16.8. The molecule has 3 aromatic rings. The van der Waals surface area contributed by atoms with E-state index in [1.165, 1.54) is 6.42 Å². The van der Waals surface area contributed by atoms with Gasteiger partial charge in [0.2, 0.25) is 5.69 Å². The van der Waals surface area contributed by atoms with Crippen LogP contribution in [0.15, 0.2) is 42.6 Å². The van der Waals surface area contributed by atoms with E-state index in [1.807, 2.05) is 6.07 Å². The number of rotatable bonds is 5. The van der Waals surface area contributed by atoms with E-state index in [0.717, 1.165) is 24.9 Å². The molecule has 1 atom stereocenters. The summed E-state index contributed by atoms with van der Waals surface area (Å²) in [5.74, 6) is 2.18. The first-order valence-corrected chi connectivity index (χ1v) is 10.3. The fraction of sp³-hybridized carbons (Fsp3) is 0.304. The number of ether oxygens (including phenoxy) is 2. The van der Waals surface area contributed by atoms with Gasteiger partial charge in [-0.05, 0) is 56.8 Å². The number of fused-ring (bicyclic) bond motifs is 1. The van der Waals surface area contributed by atoms with Gasteiger partial charge in [0.1, 0.15) is 17.2 Å². The number of hydrogen-bond acceptors (Lipinski definition) is 5. The molecule has 0 amide bonds. The van der Waals surface area contributed by atoms with Gasteiger partial charge in [0.15, 0.2) is 0 Å². The molecule has 2 N–H and O–H groups in total. The Labute approximate surface area is 181 Å². The first-order chi connectivity index (χ1) is 14.5. The Morgan fingerprint density at radius 2 is 2.13 bits per heavy atom. The lowest BCUT2D eigenvalue weighted by atomic mass is 9.99. The fourth-order valence-corrected chi connectivity index (χ4v) is 3.91. The number of anilines is 1. The average Bonchev–Trinajstić information content (AvgIpc) is 2.74. The second kappa shape index (κ2) is 8.78. The third-order valence-corrected chi connectivity index (χ3v) is 5.63. The minimum absolute atomic E-state index is 0.428. The predicted molar refractivity (Wildman–Crippen MR) is 120 cm³/mol. The quantitative estimate of drug-likeness (QED) is 0.432. The fourth-order valence-electron chi connectivity index (χ4n) is 3.74. The van der Waals surface area contributed by atoms with Crippen LogP contribution in [-0.2, 0) is 0 Å². The molecule has 0 spiro atoms. The van der Waals surface area contributed by atoms with Crippen LogP contribution < -0.4 is 15.2 Å². The SMILES string of the molecule is [C-]#[N+]c1cc2c(Oc3ccc(N)c(Cl)c3)ccnc2cc1OCC1CCCN(C)C1. The van der Waals surface area contributed by atoms with Gasteiger partial charge in [-0.3, -0.25) is 4.98 Å². The van der Waals surface area contributed by atoms with Crippen molar-refractivity contribution >= 4 is 33.9 Å². The van der Waals surface area contributed by atoms with Crippen molar-refractivity contribution in [1.29, 1.82) is 0 Å². The normalized spacial score (nSPS) is 16.9. The lowest BCUT2D eigenvalue weighted by Gasteiger charge is -2.29. The van der Waals surface area contributed by atoms with E-state index in [4.69, 9.17) is 33.4 Å². The lowest BCUT2D eigenvalue weighted by Crippen LogP contribution is -2.34. The third-order valence-electron chi connectivity index (χ3n) is 5.30. The molecule has 154 valence electrons. The van der Waals surface area contributed by atoms with Crippen LogP contribution in [0.25, 0.3) is 15.7 Å². The molecule has 0 radical (unpaired) electrons. The van der Waals surface area contributed by atoms with Crippen molar-refractivity contribution in [3.63, 3.8) is 0 Å². The number of aromatic nitrogens is 1. The van der Waals surface area contributed by atoms with Gasteiger partial charge >= 0.3 is 0 Å². The summed E-state index contributed by atoms with van der Waals surface area (Å²) in [5.41, 5.74) is 7.41. The van der Waals surface area contributed by atoms with Crippen LogP contribution in [0.1, 0.15) is 12.8 Å². The van der Waals surface area contributed by atoms with Crippen molar-refractivity contribution in [2.75, 3.05) is 32.5 Å². The van der Waals surface area contributed by atoms with E-state index in [1.54, 1.807) is 36.5 Å². The molecule has 0 aliphatic carbocycles. The molecule has 7 heteroatoms. The van der Waals surface area contributed by atoms with Gasteiger partial charge in [0, 0.05) is 30.1 Å². The van der Waals surface area contributed by atoms with Gasteiger partial charge in [-0.25, -0.2) is 4.85 Å². The number of piperidine rings is 1. The maximum absolute atomic E-state index is 7.60. The Morgan fingerprint density at radius 1 is 1.27 bits per heavy atom. The van der Waals surface area contributed by atoms with E-state index in [0.29, 0.717) is 51.7 Å². The molecule has 1 fully saturated rings. The maximum atomic E-state index is 7.60. The number of pyridine rings is 1. The van der Waals surface area contributed by atoms with Crippen LogP contribution in [-0.4, -0.2) is 36.6 Å². The first-order valence-electron chi connectivity index (χ1n) is 9.88. The van der Waals surface area contributed by atoms with Gasteiger partial charge < -0.3 is 20.1 Å². The van der Waals surface area contributed by atoms with Crippen molar-refractivity contribution in [2.24, 2.45) is 5.92 Å². The molecule has 2 aromatic carbocycles. The minimum atomic E-state index is 0.428. The highest BCUT2D eigenvalue weighted by Gasteiger charge is 2.19. The summed E-state index contributed by atoms with van der Waals surface area (Å²) in [6.07, 6.45) is 3.99. The Bertz CT molecular complexity index is 1110. The largest absolute Gasteiger partial charge is 0.504 e. The van der Waals surface area contributed by atoms with Crippen molar-refractivity contribution in [3.05, 3.63) is 59.0 Å². The predicted octanol–water partition coefficient (Wildman–Crippen LogP) is 5.53. The van der Waals surface area contributed by atoms with E-state index in [2.05, 4.69) is 21.8 Å². The second-order valence-corrected chi connectivity index (χ2v) is 8.03. The number of halogens is 1. The molecule has 30 heavy (non-hydrogen) atoms. The average molecular weight is 423 g/mol. The summed E-state index contributed by atoms with van der Waals surface area (Å²) < 4.78 is 12.1. The second-order valence-electron chi connectivity index (χ2n) is 7.62. The molecular weight excluding hydrogens is 400 g/mol. The highest BCUT2D eigenvalue weighted by atomic mass is 35.5. The summed E-state index contributed by atoms with van der Waals surface area (Å²) in [6.45, 7) is 10.3. The topological polar surface area (TPSA) is 65.0 Å². The summed E-state index contributed by atoms with van der Waals surface area (Å²) >= 11 is 6.10. The van der Waals surface area contributed by atoms with E-state index < -0.39 is 0 Å². The van der Waals surface area contributed by atoms with Crippen LogP contribution >= 0.6 is 11.6 Å². The van der Waals surface area contributed by atoms with Crippen molar-refractivity contribution in [3.8, 4) is 17.2 Å². The first kappa shape index (κ1) is 20.3. The third kappa shape index (κ3) is 4.43. The molecule has 4 rings (SSSR count). The van der Waals surface area contributed by atoms with Crippen LogP contribution in [0.2, 0.25) is 5.02 Å². The van der Waals surface area contributed by atoms with E-state index in [9.17, 15) is 0 Å². The molecule has 2 heterocycles. The lowest BCUT2D eigenvalue weighted by molar-refractivity contribution is 0.151. The van der Waals surface area contributed by atoms with Crippen LogP contribution in [0.3, 0.4) is 0 Å². The zero-order chi connectivity index (χ0) is 21.1. The summed E-state index contributed by atoms with van der Waals surface area (Å²) in [7, 11) is 2.13. The van der Waals surface area contributed by atoms with E-state index >= 15 is 0 Å². The van der Waals surface area contributed by atoms with Crippen molar-refractivity contribution in [2.45, 2.75) is 12.8 Å². The van der Waals surface area contributed by atoms with Crippen LogP contribution in [0.4, 0.5) is 11.4 Å². The molecule has 0 bridgehead atoms. The molecule has 0 saturated carbocycles. The molecule has 1 aromatic heterocycles. The minimum Gasteiger partial charge on any atom is -0.504 e. The molecule has 1 aliphatic heterocycles. The Balaban J connectivity index is 1.60. The highest BCUT2D eigenvalue weighted by molar-refractivity contribution is 6.33. The summed E-state index contributed by atoms with van der Waals surface area (Å²) in [4.78, 5) is 10.4. The molecule has 1 aliphatic rings. The molecular formula is C23H23ClN4O2. The summed E-state index contributed by atoms with van der Waals surface area (Å²) in [6, 6.07) is 10.5. The van der Waals surface area contributed by atoms with E-state index in [-0.39, 0.29) is 0 Å². The maximum Gasteiger partial charge on any atom is 0.229 e. The highest BCUT2D eigenvalue weighted by Crippen LogP contribution is 2.38. The zero-order valence-corrected chi connectivity index (χ0v) is 17.5. The number of benzene rings is 2. The smallest absolute Gasteiger partial charge is 0.229 e. The Hall–Kier alpha value is -3.01. The van der Waals surface area contributed by atoms with Crippen LogP contribution in [0, 0.1) is 12.5 Å². The Kier molecular flexibility index (Phi) is 5.93. The van der Waals surface area contributed by atoms with Crippen molar-refractivity contribution < 1.29 is 9.47 Å². The number of likely N-dealkylation sites (tertiary alicyclic amines) is 1. The van der Waals surface area contributed by atoms with Gasteiger partial charge in [-0.15, -0.1) is 0 Å². The van der Waals surface area contributed by atoms with Crippen LogP contribution in [0.5, 0.6) is 17.2 Å². The number of nitrogens with two attached hydrogens (primary N) is 1. The standard InChI is InChI=1S/C23H23ClN4O2/c1-26-21-11-17-20(12-23(21)29-14-15-4-3-9-28(2)13-15)27-8-7-22(17)30-16-5-6-19(25)18(24)10-16/h5-8,10-12,15H,3-4,9,13-14,25H2,2H3. The van der Waals surface area contributed by atoms with Gasteiger partial charge in [-0.1, -0.05) is 11.6 Å². The Morgan fingerprint density at radius 3 is 2.90 bits per heavy atom. The number of nitrogens with zero attached hydrogens (tertiary/aromatic N) is 3.